The van der Waals surface area contributed by atoms with Gasteiger partial charge in [0.1, 0.15) is 4.90 Å². The number of aromatic amines is 1. The summed E-state index contributed by atoms with van der Waals surface area (Å²) in [5, 5.41) is 7.49. The van der Waals surface area contributed by atoms with Gasteiger partial charge >= 0.3 is 0 Å². The minimum atomic E-state index is -3.87. The van der Waals surface area contributed by atoms with E-state index in [1.165, 1.54) is 6.20 Å². The topological polar surface area (TPSA) is 73.7 Å². The highest BCUT2D eigenvalue weighted by atomic mass is 32.2. The number of sulfonamides is 1. The molecule has 5 heteroatoms. The third-order valence-electron chi connectivity index (χ3n) is 1.84. The second-order valence-corrected chi connectivity index (χ2v) is 4.15. The first-order valence-corrected chi connectivity index (χ1v) is 5.13. The summed E-state index contributed by atoms with van der Waals surface area (Å²) < 4.78 is 21.9. The van der Waals surface area contributed by atoms with Gasteiger partial charge in [-0.2, -0.15) is 0 Å². The number of benzene rings is 1. The molecule has 13 heavy (non-hydrogen) atoms. The Morgan fingerprint density at radius 2 is 1.92 bits per heavy atom. The maximum Gasteiger partial charge on any atom is 0.256 e. The molecule has 1 aromatic carbocycles. The standard InChI is InChI=1S/C8H7N2O2S/c9-13(11,12)8-5-10-7-4-2-1-3-6(7)8/h1-5,9-10H. The third-order valence-corrected chi connectivity index (χ3v) is 2.76. The molecule has 0 unspecified atom stereocenters. The fourth-order valence-electron chi connectivity index (χ4n) is 1.27. The largest absolute Gasteiger partial charge is 0.360 e. The molecular formula is C8H7N2O2S. The van der Waals surface area contributed by atoms with E-state index in [4.69, 9.17) is 5.14 Å². The maximum atomic E-state index is 11.0. The highest BCUT2D eigenvalue weighted by Crippen LogP contribution is 2.21. The van der Waals surface area contributed by atoms with E-state index in [9.17, 15) is 8.42 Å². The fraction of sp³-hybridized carbons (Fsp3) is 0. The molecule has 0 aliphatic carbocycles. The first-order valence-electron chi connectivity index (χ1n) is 3.65. The molecule has 0 aliphatic heterocycles. The molecule has 0 saturated heterocycles. The molecular weight excluding hydrogens is 188 g/mol. The summed E-state index contributed by atoms with van der Waals surface area (Å²) in [7, 11) is -3.87. The first-order chi connectivity index (χ1) is 6.09. The van der Waals surface area contributed by atoms with Gasteiger partial charge in [0.05, 0.1) is 0 Å². The molecule has 2 aromatic rings. The Hall–Kier alpha value is -1.33. The lowest BCUT2D eigenvalue weighted by Crippen LogP contribution is -1.98. The van der Waals surface area contributed by atoms with Gasteiger partial charge < -0.3 is 4.98 Å². The molecule has 0 saturated carbocycles. The number of H-pyrrole nitrogens is 1. The van der Waals surface area contributed by atoms with E-state index in [1.807, 2.05) is 0 Å². The first kappa shape index (κ1) is 8.28. The Kier molecular flexibility index (Phi) is 1.64. The van der Waals surface area contributed by atoms with Crippen molar-refractivity contribution in [1.82, 2.24) is 10.1 Å². The second kappa shape index (κ2) is 2.58. The summed E-state index contributed by atoms with van der Waals surface area (Å²) in [5.41, 5.74) is 0.730. The van der Waals surface area contributed by atoms with Crippen LogP contribution in [0.5, 0.6) is 0 Å². The molecule has 0 amide bonds. The van der Waals surface area contributed by atoms with Crippen LogP contribution in [0.1, 0.15) is 0 Å². The van der Waals surface area contributed by atoms with Crippen molar-refractivity contribution in [3.8, 4) is 0 Å². The van der Waals surface area contributed by atoms with E-state index in [1.54, 1.807) is 24.3 Å². The van der Waals surface area contributed by atoms with Crippen molar-refractivity contribution >= 4 is 20.9 Å². The quantitative estimate of drug-likeness (QED) is 0.740. The Balaban J connectivity index is 2.87. The van der Waals surface area contributed by atoms with Gasteiger partial charge in [-0.3, -0.25) is 0 Å². The highest BCUT2D eigenvalue weighted by Gasteiger charge is 2.13. The minimum Gasteiger partial charge on any atom is -0.360 e. The van der Waals surface area contributed by atoms with Crippen molar-refractivity contribution < 1.29 is 8.42 Å². The van der Waals surface area contributed by atoms with Crippen molar-refractivity contribution in [1.29, 1.82) is 0 Å². The Labute approximate surface area is 75.4 Å². The summed E-state index contributed by atoms with van der Waals surface area (Å²) in [6.07, 6.45) is 1.34. The van der Waals surface area contributed by atoms with Crippen molar-refractivity contribution in [2.24, 2.45) is 0 Å². The Bertz CT molecular complexity index is 542. The molecule has 0 bridgehead atoms. The van der Waals surface area contributed by atoms with Crippen LogP contribution in [-0.4, -0.2) is 13.4 Å². The average molecular weight is 195 g/mol. The van der Waals surface area contributed by atoms with E-state index < -0.39 is 10.0 Å². The van der Waals surface area contributed by atoms with Crippen LogP contribution in [0.3, 0.4) is 0 Å². The van der Waals surface area contributed by atoms with E-state index in [0.29, 0.717) is 5.39 Å². The van der Waals surface area contributed by atoms with Crippen LogP contribution in [0.25, 0.3) is 10.9 Å². The Morgan fingerprint density at radius 1 is 1.23 bits per heavy atom. The molecule has 1 radical (unpaired) electrons. The number of nitrogens with one attached hydrogen (secondary N) is 2. The Morgan fingerprint density at radius 3 is 2.62 bits per heavy atom. The van der Waals surface area contributed by atoms with Crippen LogP contribution in [0.4, 0.5) is 0 Å². The minimum absolute atomic E-state index is 0.0306. The van der Waals surface area contributed by atoms with Crippen LogP contribution < -0.4 is 5.14 Å². The molecule has 0 aliphatic rings. The molecule has 0 atom stereocenters. The van der Waals surface area contributed by atoms with E-state index >= 15 is 0 Å². The number of rotatable bonds is 1. The van der Waals surface area contributed by atoms with Crippen LogP contribution in [0, 0.1) is 0 Å². The van der Waals surface area contributed by atoms with E-state index in [0.717, 1.165) is 5.52 Å². The number of para-hydroxylation sites is 1. The fourth-order valence-corrected chi connectivity index (χ4v) is 1.95. The predicted octanol–water partition coefficient (Wildman–Crippen LogP) is 1.14. The monoisotopic (exact) mass is 195 g/mol. The summed E-state index contributed by atoms with van der Waals surface area (Å²) >= 11 is 0. The lowest BCUT2D eigenvalue weighted by atomic mass is 10.2. The van der Waals surface area contributed by atoms with Crippen LogP contribution in [0.2, 0.25) is 0 Å². The summed E-state index contributed by atoms with van der Waals surface area (Å²) in [4.78, 5) is 2.83. The lowest BCUT2D eigenvalue weighted by molar-refractivity contribution is 0.597. The zero-order chi connectivity index (χ0) is 9.47. The average Bonchev–Trinajstić information content (AvgIpc) is 2.45. The van der Waals surface area contributed by atoms with Crippen molar-refractivity contribution in [3.05, 3.63) is 30.5 Å². The van der Waals surface area contributed by atoms with Crippen LogP contribution >= 0.6 is 0 Å². The number of aromatic nitrogens is 1. The van der Waals surface area contributed by atoms with Gasteiger partial charge in [0.2, 0.25) is 0 Å². The molecule has 0 spiro atoms. The van der Waals surface area contributed by atoms with Crippen molar-refractivity contribution in [2.75, 3.05) is 0 Å². The zero-order valence-electron chi connectivity index (χ0n) is 6.61. The molecule has 1 aromatic heterocycles. The smallest absolute Gasteiger partial charge is 0.256 e. The SMILES string of the molecule is [NH]S(=O)(=O)c1c[nH]c2ccccc12. The molecule has 0 fully saturated rings. The molecule has 1 heterocycles. The van der Waals surface area contributed by atoms with Crippen molar-refractivity contribution in [2.45, 2.75) is 4.90 Å². The van der Waals surface area contributed by atoms with Gasteiger partial charge in [0, 0.05) is 17.1 Å². The van der Waals surface area contributed by atoms with Gasteiger partial charge in [0.15, 0.2) is 0 Å². The van der Waals surface area contributed by atoms with Gasteiger partial charge in [0.25, 0.3) is 10.0 Å². The van der Waals surface area contributed by atoms with Gasteiger partial charge in [-0.25, -0.2) is 8.42 Å². The maximum absolute atomic E-state index is 11.0. The van der Waals surface area contributed by atoms with Crippen LogP contribution in [0.15, 0.2) is 35.4 Å². The molecule has 2 N–H and O–H groups in total. The van der Waals surface area contributed by atoms with Crippen LogP contribution in [-0.2, 0) is 10.0 Å². The number of hydrogen-bond donors (Lipinski definition) is 1. The summed E-state index contributed by atoms with van der Waals surface area (Å²) in [5.74, 6) is 0. The second-order valence-electron chi connectivity index (χ2n) is 2.70. The van der Waals surface area contributed by atoms with Crippen molar-refractivity contribution in [3.63, 3.8) is 0 Å². The van der Waals surface area contributed by atoms with E-state index in [-0.39, 0.29) is 4.90 Å². The van der Waals surface area contributed by atoms with Gasteiger partial charge in [-0.15, -0.1) is 5.14 Å². The van der Waals surface area contributed by atoms with E-state index in [2.05, 4.69) is 4.98 Å². The molecule has 2 rings (SSSR count). The number of fused-ring (bicyclic) bond motifs is 1. The normalized spacial score (nSPS) is 12.1. The summed E-state index contributed by atoms with van der Waals surface area (Å²) in [6.45, 7) is 0. The van der Waals surface area contributed by atoms with Gasteiger partial charge in [-0.05, 0) is 6.07 Å². The molecule has 67 valence electrons. The summed E-state index contributed by atoms with van der Waals surface area (Å²) in [6, 6.07) is 6.99. The highest BCUT2D eigenvalue weighted by molar-refractivity contribution is 7.89. The third kappa shape index (κ3) is 1.32. The molecule has 4 nitrogen and oxygen atoms in total. The van der Waals surface area contributed by atoms with Gasteiger partial charge in [-0.1, -0.05) is 18.2 Å². The zero-order valence-corrected chi connectivity index (χ0v) is 7.43. The number of hydrogen-bond acceptors (Lipinski definition) is 2. The predicted molar refractivity (Wildman–Crippen MR) is 48.6 cm³/mol. The lowest BCUT2D eigenvalue weighted by Gasteiger charge is -1.92.